The van der Waals surface area contributed by atoms with E-state index in [-0.39, 0.29) is 24.1 Å². The summed E-state index contributed by atoms with van der Waals surface area (Å²) in [5, 5.41) is 3.65. The summed E-state index contributed by atoms with van der Waals surface area (Å²) < 4.78 is 0. The zero-order chi connectivity index (χ0) is 14.5. The van der Waals surface area contributed by atoms with Gasteiger partial charge >= 0.3 is 0 Å². The van der Waals surface area contributed by atoms with Gasteiger partial charge in [0.15, 0.2) is 0 Å². The van der Waals surface area contributed by atoms with E-state index in [4.69, 9.17) is 11.6 Å². The van der Waals surface area contributed by atoms with Crippen LogP contribution in [0.15, 0.2) is 18.3 Å². The number of amides is 2. The predicted molar refractivity (Wildman–Crippen MR) is 75.7 cm³/mol. The number of carbonyl (C=O) groups is 2. The highest BCUT2D eigenvalue weighted by Crippen LogP contribution is 2.08. The van der Waals surface area contributed by atoms with Crippen molar-refractivity contribution in [2.75, 3.05) is 39.8 Å². The summed E-state index contributed by atoms with van der Waals surface area (Å²) >= 11 is 5.73. The average Bonchev–Trinajstić information content (AvgIpc) is 2.48. The maximum absolute atomic E-state index is 12.1. The molecule has 6 nitrogen and oxygen atoms in total. The monoisotopic (exact) mass is 296 g/mol. The number of likely N-dealkylation sites (N-methyl/N-ethyl adjacent to an activating group) is 1. The van der Waals surface area contributed by atoms with Gasteiger partial charge in [0.2, 0.25) is 5.91 Å². The first-order valence-corrected chi connectivity index (χ1v) is 6.81. The van der Waals surface area contributed by atoms with Crippen molar-refractivity contribution in [3.8, 4) is 0 Å². The summed E-state index contributed by atoms with van der Waals surface area (Å²) in [7, 11) is 1.60. The van der Waals surface area contributed by atoms with Crippen LogP contribution in [-0.4, -0.2) is 66.4 Å². The lowest BCUT2D eigenvalue weighted by molar-refractivity contribution is -0.132. The van der Waals surface area contributed by atoms with Gasteiger partial charge in [0.05, 0.1) is 11.6 Å². The Hall–Kier alpha value is -1.66. The summed E-state index contributed by atoms with van der Waals surface area (Å²) in [5.74, 6) is -0.332. The normalized spacial score (nSPS) is 15.0. The van der Waals surface area contributed by atoms with Gasteiger partial charge in [-0.1, -0.05) is 11.6 Å². The Balaban J connectivity index is 1.93. The van der Waals surface area contributed by atoms with E-state index in [1.165, 1.54) is 11.1 Å². The molecule has 2 heterocycles. The number of pyridine rings is 1. The Kier molecular flexibility index (Phi) is 4.92. The van der Waals surface area contributed by atoms with Crippen LogP contribution in [-0.2, 0) is 4.79 Å². The smallest absolute Gasteiger partial charge is 0.272 e. The molecular weight excluding hydrogens is 280 g/mol. The zero-order valence-electron chi connectivity index (χ0n) is 11.3. The van der Waals surface area contributed by atoms with E-state index in [2.05, 4.69) is 10.3 Å². The Labute approximate surface area is 122 Å². The number of hydrogen-bond acceptors (Lipinski definition) is 4. The van der Waals surface area contributed by atoms with Crippen LogP contribution in [0, 0.1) is 0 Å². The first kappa shape index (κ1) is 14.7. The molecule has 1 aliphatic heterocycles. The number of piperazine rings is 1. The molecule has 1 aromatic heterocycles. The lowest BCUT2D eigenvalue weighted by Gasteiger charge is -2.29. The molecule has 0 aromatic carbocycles. The number of nitrogens with zero attached hydrogens (tertiary/aromatic N) is 3. The summed E-state index contributed by atoms with van der Waals surface area (Å²) in [6, 6.07) is 3.16. The molecule has 0 saturated carbocycles. The minimum Gasteiger partial charge on any atom is -0.339 e. The molecule has 0 spiro atoms. The minimum absolute atomic E-state index is 0.0451. The molecule has 0 radical (unpaired) electrons. The number of nitrogens with one attached hydrogen (secondary N) is 1. The fourth-order valence-corrected chi connectivity index (χ4v) is 2.10. The Morgan fingerprint density at radius 3 is 2.70 bits per heavy atom. The fraction of sp³-hybridized carbons (Fsp3) is 0.462. The molecule has 20 heavy (non-hydrogen) atoms. The lowest BCUT2D eigenvalue weighted by atomic mass is 10.3. The van der Waals surface area contributed by atoms with Gasteiger partial charge in [-0.05, 0) is 12.1 Å². The van der Waals surface area contributed by atoms with Gasteiger partial charge in [-0.2, -0.15) is 0 Å². The Morgan fingerprint density at radius 2 is 2.10 bits per heavy atom. The van der Waals surface area contributed by atoms with E-state index in [0.717, 1.165) is 13.1 Å². The van der Waals surface area contributed by atoms with Gasteiger partial charge in [-0.15, -0.1) is 0 Å². The zero-order valence-corrected chi connectivity index (χ0v) is 12.1. The Bertz CT molecular complexity index is 486. The van der Waals surface area contributed by atoms with Crippen molar-refractivity contribution in [3.05, 3.63) is 29.0 Å². The third-order valence-electron chi connectivity index (χ3n) is 3.14. The van der Waals surface area contributed by atoms with Crippen LogP contribution in [0.3, 0.4) is 0 Å². The van der Waals surface area contributed by atoms with Gasteiger partial charge in [0.25, 0.3) is 5.91 Å². The van der Waals surface area contributed by atoms with Crippen LogP contribution in [0.5, 0.6) is 0 Å². The summed E-state index contributed by atoms with van der Waals surface area (Å²) in [6.07, 6.45) is 1.42. The lowest BCUT2D eigenvalue weighted by Crippen LogP contribution is -2.49. The number of rotatable bonds is 3. The van der Waals surface area contributed by atoms with Crippen LogP contribution >= 0.6 is 11.6 Å². The first-order valence-electron chi connectivity index (χ1n) is 6.43. The van der Waals surface area contributed by atoms with Crippen molar-refractivity contribution in [2.45, 2.75) is 0 Å². The molecule has 7 heteroatoms. The topological polar surface area (TPSA) is 65.5 Å². The number of carbonyl (C=O) groups excluding carboxylic acids is 2. The van der Waals surface area contributed by atoms with Crippen LogP contribution in [0.1, 0.15) is 10.5 Å². The highest BCUT2D eigenvalue weighted by molar-refractivity contribution is 6.30. The molecule has 0 unspecified atom stereocenters. The SMILES string of the molecule is CN(CC(=O)N1CCNCC1)C(=O)c1ccc(Cl)cn1. The van der Waals surface area contributed by atoms with Crippen LogP contribution in [0.2, 0.25) is 5.02 Å². The second-order valence-electron chi connectivity index (χ2n) is 4.65. The van der Waals surface area contributed by atoms with Crippen LogP contribution in [0.4, 0.5) is 0 Å². The predicted octanol–water partition coefficient (Wildman–Crippen LogP) is 0.239. The molecule has 2 amide bonds. The van der Waals surface area contributed by atoms with Crippen molar-refractivity contribution in [1.82, 2.24) is 20.1 Å². The molecular formula is C13H17ClN4O2. The third kappa shape index (κ3) is 3.68. The molecule has 0 bridgehead atoms. The molecule has 1 aliphatic rings. The Morgan fingerprint density at radius 1 is 1.40 bits per heavy atom. The number of hydrogen-bond donors (Lipinski definition) is 1. The number of aromatic nitrogens is 1. The average molecular weight is 297 g/mol. The maximum Gasteiger partial charge on any atom is 0.272 e. The highest BCUT2D eigenvalue weighted by Gasteiger charge is 2.21. The van der Waals surface area contributed by atoms with E-state index < -0.39 is 0 Å². The molecule has 108 valence electrons. The third-order valence-corrected chi connectivity index (χ3v) is 3.36. The fourth-order valence-electron chi connectivity index (χ4n) is 1.99. The molecule has 0 atom stereocenters. The van der Waals surface area contributed by atoms with E-state index >= 15 is 0 Å². The van der Waals surface area contributed by atoms with Crippen molar-refractivity contribution in [3.63, 3.8) is 0 Å². The maximum atomic E-state index is 12.1. The van der Waals surface area contributed by atoms with Crippen molar-refractivity contribution in [1.29, 1.82) is 0 Å². The molecule has 1 fully saturated rings. The van der Waals surface area contributed by atoms with Gasteiger partial charge in [0.1, 0.15) is 5.69 Å². The van der Waals surface area contributed by atoms with Crippen molar-refractivity contribution >= 4 is 23.4 Å². The quantitative estimate of drug-likeness (QED) is 0.868. The molecule has 2 rings (SSSR count). The second kappa shape index (κ2) is 6.67. The summed E-state index contributed by atoms with van der Waals surface area (Å²) in [4.78, 5) is 31.3. The first-order chi connectivity index (χ1) is 9.58. The van der Waals surface area contributed by atoms with Gasteiger partial charge in [-0.25, -0.2) is 4.98 Å². The van der Waals surface area contributed by atoms with E-state index in [1.807, 2.05) is 0 Å². The van der Waals surface area contributed by atoms with Crippen molar-refractivity contribution < 1.29 is 9.59 Å². The molecule has 0 aliphatic carbocycles. The molecule has 1 saturated heterocycles. The standard InChI is InChI=1S/C13H17ClN4O2/c1-17(9-12(19)18-6-4-15-5-7-18)13(20)11-3-2-10(14)8-16-11/h2-3,8,15H,4-7,9H2,1H3. The highest BCUT2D eigenvalue weighted by atomic mass is 35.5. The van der Waals surface area contributed by atoms with Crippen LogP contribution < -0.4 is 5.32 Å². The van der Waals surface area contributed by atoms with Gasteiger partial charge < -0.3 is 15.1 Å². The number of halogens is 1. The van der Waals surface area contributed by atoms with Crippen LogP contribution in [0.25, 0.3) is 0 Å². The second-order valence-corrected chi connectivity index (χ2v) is 5.09. The van der Waals surface area contributed by atoms with E-state index in [9.17, 15) is 9.59 Å². The molecule has 1 aromatic rings. The largest absolute Gasteiger partial charge is 0.339 e. The molecule has 1 N–H and O–H groups in total. The summed E-state index contributed by atoms with van der Waals surface area (Å²) in [6.45, 7) is 3.01. The van der Waals surface area contributed by atoms with Gasteiger partial charge in [0, 0.05) is 39.4 Å². The van der Waals surface area contributed by atoms with Gasteiger partial charge in [-0.3, -0.25) is 9.59 Å². The van der Waals surface area contributed by atoms with E-state index in [0.29, 0.717) is 18.1 Å². The summed E-state index contributed by atoms with van der Waals surface area (Å²) in [5.41, 5.74) is 0.282. The minimum atomic E-state index is -0.287. The van der Waals surface area contributed by atoms with Crippen molar-refractivity contribution in [2.24, 2.45) is 0 Å². The van der Waals surface area contributed by atoms with E-state index in [1.54, 1.807) is 24.1 Å².